The number of anilines is 1. The minimum absolute atomic E-state index is 0.00519. The number of hydrogen-bond acceptors (Lipinski definition) is 4. The third-order valence-corrected chi connectivity index (χ3v) is 3.93. The molecule has 0 saturated carbocycles. The molecule has 0 aliphatic carbocycles. The second kappa shape index (κ2) is 6.13. The normalized spacial score (nSPS) is 15.0. The van der Waals surface area contributed by atoms with Gasteiger partial charge in [0, 0.05) is 38.1 Å². The van der Waals surface area contributed by atoms with Crippen molar-refractivity contribution < 1.29 is 4.79 Å². The van der Waals surface area contributed by atoms with Gasteiger partial charge in [0.15, 0.2) is 0 Å². The van der Waals surface area contributed by atoms with Crippen molar-refractivity contribution in [3.63, 3.8) is 0 Å². The van der Waals surface area contributed by atoms with E-state index in [1.54, 1.807) is 19.2 Å². The van der Waals surface area contributed by atoms with Crippen molar-refractivity contribution in [3.8, 4) is 0 Å². The molecule has 2 heterocycles. The van der Waals surface area contributed by atoms with E-state index in [4.69, 9.17) is 0 Å². The summed E-state index contributed by atoms with van der Waals surface area (Å²) in [6, 6.07) is 10.2. The summed E-state index contributed by atoms with van der Waals surface area (Å²) in [5.74, 6) is 0.624. The number of carbonyl (C=O) groups excluding carboxylic acids is 1. The maximum atomic E-state index is 12.5. The summed E-state index contributed by atoms with van der Waals surface area (Å²) >= 11 is 0. The summed E-state index contributed by atoms with van der Waals surface area (Å²) < 4.78 is 0. The average Bonchev–Trinajstić information content (AvgIpc) is 2.54. The molecule has 5 heteroatoms. The van der Waals surface area contributed by atoms with E-state index in [1.165, 1.54) is 11.3 Å². The van der Waals surface area contributed by atoms with Gasteiger partial charge in [-0.1, -0.05) is 12.1 Å². The van der Waals surface area contributed by atoms with E-state index in [-0.39, 0.29) is 5.91 Å². The van der Waals surface area contributed by atoms with Crippen molar-refractivity contribution in [2.24, 2.45) is 0 Å². The Labute approximate surface area is 130 Å². The van der Waals surface area contributed by atoms with Gasteiger partial charge in [-0.3, -0.25) is 4.79 Å². The molecule has 1 aromatic heterocycles. The standard InChI is InChI=1S/C17H20N4O/c1-13-4-3-5-15(12-13)20-8-10-21(11-9-20)17(22)16-6-7-18-14(2)19-16/h3-7,12H,8-11H2,1-2H3. The van der Waals surface area contributed by atoms with Crippen molar-refractivity contribution in [1.29, 1.82) is 0 Å². The Bertz CT molecular complexity index is 678. The molecule has 0 atom stereocenters. The Hall–Kier alpha value is -2.43. The zero-order valence-electron chi connectivity index (χ0n) is 13.0. The van der Waals surface area contributed by atoms with E-state index in [9.17, 15) is 4.79 Å². The largest absolute Gasteiger partial charge is 0.368 e. The molecular weight excluding hydrogens is 276 g/mol. The van der Waals surface area contributed by atoms with E-state index < -0.39 is 0 Å². The van der Waals surface area contributed by atoms with Gasteiger partial charge in [-0.25, -0.2) is 9.97 Å². The monoisotopic (exact) mass is 296 g/mol. The molecule has 1 amide bonds. The van der Waals surface area contributed by atoms with Gasteiger partial charge >= 0.3 is 0 Å². The van der Waals surface area contributed by atoms with Gasteiger partial charge in [-0.2, -0.15) is 0 Å². The predicted octanol–water partition coefficient (Wildman–Crippen LogP) is 2.06. The van der Waals surface area contributed by atoms with Crippen molar-refractivity contribution in [1.82, 2.24) is 14.9 Å². The fourth-order valence-electron chi connectivity index (χ4n) is 2.73. The lowest BCUT2D eigenvalue weighted by Gasteiger charge is -2.36. The molecule has 114 valence electrons. The van der Waals surface area contributed by atoms with E-state index in [0.717, 1.165) is 26.2 Å². The van der Waals surface area contributed by atoms with E-state index in [0.29, 0.717) is 11.5 Å². The lowest BCUT2D eigenvalue weighted by molar-refractivity contribution is 0.0740. The van der Waals surface area contributed by atoms with Crippen molar-refractivity contribution in [2.75, 3.05) is 31.1 Å². The Morgan fingerprint density at radius 3 is 2.55 bits per heavy atom. The van der Waals surface area contributed by atoms with Gasteiger partial charge in [0.2, 0.25) is 0 Å². The minimum Gasteiger partial charge on any atom is -0.368 e. The van der Waals surface area contributed by atoms with Crippen LogP contribution in [0.2, 0.25) is 0 Å². The number of piperazine rings is 1. The molecule has 0 bridgehead atoms. The molecule has 0 radical (unpaired) electrons. The van der Waals surface area contributed by atoms with Crippen molar-refractivity contribution >= 4 is 11.6 Å². The van der Waals surface area contributed by atoms with Gasteiger partial charge < -0.3 is 9.80 Å². The zero-order chi connectivity index (χ0) is 15.5. The van der Waals surface area contributed by atoms with Crippen LogP contribution in [0.25, 0.3) is 0 Å². The number of benzene rings is 1. The minimum atomic E-state index is -0.00519. The summed E-state index contributed by atoms with van der Waals surface area (Å²) in [5, 5.41) is 0. The fourth-order valence-corrected chi connectivity index (χ4v) is 2.73. The molecule has 1 aliphatic rings. The molecule has 0 spiro atoms. The van der Waals surface area contributed by atoms with Crippen LogP contribution in [0.5, 0.6) is 0 Å². The van der Waals surface area contributed by atoms with Crippen LogP contribution in [-0.4, -0.2) is 47.0 Å². The van der Waals surface area contributed by atoms with Gasteiger partial charge in [0.05, 0.1) is 0 Å². The number of hydrogen-bond donors (Lipinski definition) is 0. The number of carbonyl (C=O) groups is 1. The first-order chi connectivity index (χ1) is 10.6. The number of aryl methyl sites for hydroxylation is 2. The average molecular weight is 296 g/mol. The molecule has 1 fully saturated rings. The lowest BCUT2D eigenvalue weighted by Crippen LogP contribution is -2.49. The van der Waals surface area contributed by atoms with E-state index >= 15 is 0 Å². The first-order valence-corrected chi connectivity index (χ1v) is 7.54. The van der Waals surface area contributed by atoms with E-state index in [2.05, 4.69) is 46.1 Å². The summed E-state index contributed by atoms with van der Waals surface area (Å²) in [6.45, 7) is 7.03. The summed E-state index contributed by atoms with van der Waals surface area (Å²) in [7, 11) is 0. The third-order valence-electron chi connectivity index (χ3n) is 3.93. The second-order valence-electron chi connectivity index (χ2n) is 5.61. The highest BCUT2D eigenvalue weighted by Crippen LogP contribution is 2.18. The maximum Gasteiger partial charge on any atom is 0.272 e. The zero-order valence-corrected chi connectivity index (χ0v) is 13.0. The van der Waals surface area contributed by atoms with Gasteiger partial charge in [-0.15, -0.1) is 0 Å². The highest BCUT2D eigenvalue weighted by molar-refractivity contribution is 5.92. The maximum absolute atomic E-state index is 12.5. The third kappa shape index (κ3) is 3.08. The van der Waals surface area contributed by atoms with Crippen LogP contribution in [0.1, 0.15) is 21.9 Å². The van der Waals surface area contributed by atoms with Gasteiger partial charge in [-0.05, 0) is 37.6 Å². The number of nitrogens with zero attached hydrogens (tertiary/aromatic N) is 4. The van der Waals surface area contributed by atoms with Crippen molar-refractivity contribution in [2.45, 2.75) is 13.8 Å². The first-order valence-electron chi connectivity index (χ1n) is 7.54. The summed E-state index contributed by atoms with van der Waals surface area (Å²) in [5.41, 5.74) is 2.97. The summed E-state index contributed by atoms with van der Waals surface area (Å²) in [4.78, 5) is 24.9. The second-order valence-corrected chi connectivity index (χ2v) is 5.61. The molecule has 1 saturated heterocycles. The van der Waals surface area contributed by atoms with Gasteiger partial charge in [0.1, 0.15) is 11.5 Å². The van der Waals surface area contributed by atoms with Gasteiger partial charge in [0.25, 0.3) is 5.91 Å². The van der Waals surface area contributed by atoms with Crippen LogP contribution < -0.4 is 4.90 Å². The van der Waals surface area contributed by atoms with Crippen LogP contribution in [0, 0.1) is 13.8 Å². The lowest BCUT2D eigenvalue weighted by atomic mass is 10.2. The molecule has 22 heavy (non-hydrogen) atoms. The topological polar surface area (TPSA) is 49.3 Å². The van der Waals surface area contributed by atoms with Crippen molar-refractivity contribution in [3.05, 3.63) is 53.6 Å². The number of rotatable bonds is 2. The fraction of sp³-hybridized carbons (Fsp3) is 0.353. The SMILES string of the molecule is Cc1cccc(N2CCN(C(=O)c3ccnc(C)n3)CC2)c1. The summed E-state index contributed by atoms with van der Waals surface area (Å²) in [6.07, 6.45) is 1.64. The molecule has 0 N–H and O–H groups in total. The number of aromatic nitrogens is 2. The molecule has 0 unspecified atom stereocenters. The smallest absolute Gasteiger partial charge is 0.272 e. The quantitative estimate of drug-likeness (QED) is 0.851. The molecular formula is C17H20N4O. The Balaban J connectivity index is 1.65. The van der Waals surface area contributed by atoms with Crippen LogP contribution >= 0.6 is 0 Å². The van der Waals surface area contributed by atoms with Crippen LogP contribution in [0.3, 0.4) is 0 Å². The molecule has 1 aliphatic heterocycles. The van der Waals surface area contributed by atoms with Crippen LogP contribution in [-0.2, 0) is 0 Å². The molecule has 2 aromatic rings. The molecule has 3 rings (SSSR count). The molecule has 5 nitrogen and oxygen atoms in total. The van der Waals surface area contributed by atoms with Crippen LogP contribution in [0.4, 0.5) is 5.69 Å². The van der Waals surface area contributed by atoms with E-state index in [1.807, 2.05) is 4.90 Å². The Kier molecular flexibility index (Phi) is 4.04. The number of amides is 1. The molecule has 1 aromatic carbocycles. The Morgan fingerprint density at radius 2 is 1.86 bits per heavy atom. The predicted molar refractivity (Wildman–Crippen MR) is 86.1 cm³/mol. The van der Waals surface area contributed by atoms with Crippen LogP contribution in [0.15, 0.2) is 36.5 Å². The first kappa shape index (κ1) is 14.5. The highest BCUT2D eigenvalue weighted by atomic mass is 16.2. The highest BCUT2D eigenvalue weighted by Gasteiger charge is 2.23. The Morgan fingerprint density at radius 1 is 1.09 bits per heavy atom.